The van der Waals surface area contributed by atoms with Gasteiger partial charge in [0.15, 0.2) is 5.82 Å². The van der Waals surface area contributed by atoms with Crippen LogP contribution in [0.5, 0.6) is 5.75 Å². The Balaban J connectivity index is 1.49. The monoisotopic (exact) mass is 576 g/mol. The molecular weight excluding hydrogens is 552 g/mol. The number of nitrogens with one attached hydrogen (secondary N) is 2. The number of benzene rings is 3. The molecule has 0 aliphatic rings. The Kier molecular flexibility index (Phi) is 8.56. The van der Waals surface area contributed by atoms with Crippen molar-refractivity contribution in [3.05, 3.63) is 119 Å². The average Bonchev–Trinajstić information content (AvgIpc) is 3.53. The average molecular weight is 577 g/mol. The molecule has 0 aliphatic heterocycles. The zero-order chi connectivity index (χ0) is 29.5. The van der Waals surface area contributed by atoms with Gasteiger partial charge in [-0.3, -0.25) is 9.59 Å². The van der Waals surface area contributed by atoms with Gasteiger partial charge in [-0.15, -0.1) is 0 Å². The van der Waals surface area contributed by atoms with E-state index in [1.807, 2.05) is 10.8 Å². The third-order valence-corrected chi connectivity index (χ3v) is 6.74. The predicted molar refractivity (Wildman–Crippen MR) is 160 cm³/mol. The number of phenols is 1. The molecule has 208 valence electrons. The molecule has 0 atom stereocenters. The summed E-state index contributed by atoms with van der Waals surface area (Å²) in [6.45, 7) is 1.19. The number of halogens is 1. The van der Waals surface area contributed by atoms with Crippen LogP contribution in [0.1, 0.15) is 32.7 Å². The van der Waals surface area contributed by atoms with Crippen molar-refractivity contribution in [1.29, 1.82) is 5.26 Å². The van der Waals surface area contributed by atoms with E-state index in [2.05, 4.69) is 26.7 Å². The van der Waals surface area contributed by atoms with Gasteiger partial charge >= 0.3 is 0 Å². The first-order valence-electron chi connectivity index (χ1n) is 13.1. The number of rotatable bonds is 9. The first-order chi connectivity index (χ1) is 20.4. The largest absolute Gasteiger partial charge is 0.507 e. The third kappa shape index (κ3) is 6.46. The van der Waals surface area contributed by atoms with E-state index in [0.29, 0.717) is 39.5 Å². The molecule has 42 heavy (non-hydrogen) atoms. The molecule has 0 saturated carbocycles. The molecule has 5 rings (SSSR count). The fourth-order valence-corrected chi connectivity index (χ4v) is 4.62. The Labute approximate surface area is 247 Å². The molecule has 0 aliphatic carbocycles. The minimum absolute atomic E-state index is 0.00702. The summed E-state index contributed by atoms with van der Waals surface area (Å²) in [5.74, 6) is -0.777. The number of carbonyl (C=O) groups excluding carboxylic acids is 2. The molecule has 5 aromatic rings. The van der Waals surface area contributed by atoms with Gasteiger partial charge in [-0.2, -0.15) is 5.26 Å². The molecule has 0 bridgehead atoms. The molecule has 0 radical (unpaired) electrons. The molecule has 10 heteroatoms. The first-order valence-corrected chi connectivity index (χ1v) is 13.5. The Morgan fingerprint density at radius 3 is 2.48 bits per heavy atom. The van der Waals surface area contributed by atoms with E-state index in [4.69, 9.17) is 11.6 Å². The summed E-state index contributed by atoms with van der Waals surface area (Å²) in [6.07, 6.45) is 6.02. The van der Waals surface area contributed by atoms with Gasteiger partial charge in [-0.25, -0.2) is 9.97 Å². The van der Waals surface area contributed by atoms with Gasteiger partial charge in [0.05, 0.1) is 12.0 Å². The maximum absolute atomic E-state index is 13.1. The van der Waals surface area contributed by atoms with E-state index in [9.17, 15) is 20.0 Å². The summed E-state index contributed by atoms with van der Waals surface area (Å²) in [5, 5.41) is 26.8. The van der Waals surface area contributed by atoms with Gasteiger partial charge < -0.3 is 20.3 Å². The lowest BCUT2D eigenvalue weighted by molar-refractivity contribution is 0.0952. The number of nitrogens with zero attached hydrogens (tertiary/aromatic N) is 4. The van der Waals surface area contributed by atoms with Gasteiger partial charge in [0.2, 0.25) is 0 Å². The van der Waals surface area contributed by atoms with Gasteiger partial charge in [0.25, 0.3) is 11.8 Å². The first kappa shape index (κ1) is 28.1. The maximum atomic E-state index is 13.1. The summed E-state index contributed by atoms with van der Waals surface area (Å²) in [4.78, 5) is 34.6. The molecule has 0 spiro atoms. The van der Waals surface area contributed by atoms with Crippen molar-refractivity contribution in [2.75, 3.05) is 11.9 Å². The Morgan fingerprint density at radius 1 is 0.952 bits per heavy atom. The van der Waals surface area contributed by atoms with E-state index >= 15 is 0 Å². The Morgan fingerprint density at radius 2 is 1.74 bits per heavy atom. The summed E-state index contributed by atoms with van der Waals surface area (Å²) in [6, 6.07) is 23.7. The zero-order valence-electron chi connectivity index (χ0n) is 22.3. The number of aryl methyl sites for hydroxylation is 1. The molecule has 3 N–H and O–H groups in total. The lowest BCUT2D eigenvalue weighted by Gasteiger charge is -2.15. The second-order valence-electron chi connectivity index (χ2n) is 9.36. The van der Waals surface area contributed by atoms with Crippen LogP contribution in [0.25, 0.3) is 22.4 Å². The number of para-hydroxylation sites is 1. The van der Waals surface area contributed by atoms with Crippen LogP contribution >= 0.6 is 11.6 Å². The minimum atomic E-state index is -0.509. The summed E-state index contributed by atoms with van der Waals surface area (Å²) >= 11 is 6.07. The van der Waals surface area contributed by atoms with Crippen molar-refractivity contribution in [1.82, 2.24) is 19.9 Å². The topological polar surface area (TPSA) is 133 Å². The van der Waals surface area contributed by atoms with E-state index < -0.39 is 5.91 Å². The fraction of sp³-hybridized carbons (Fsp3) is 0.0938. The van der Waals surface area contributed by atoms with Crippen molar-refractivity contribution >= 4 is 29.2 Å². The predicted octanol–water partition coefficient (Wildman–Crippen LogP) is 5.92. The molecular formula is C32H25ClN6O3. The molecule has 0 fully saturated rings. The van der Waals surface area contributed by atoms with Crippen molar-refractivity contribution in [2.45, 2.75) is 13.0 Å². The summed E-state index contributed by atoms with van der Waals surface area (Å²) in [7, 11) is 0. The standard InChI is InChI=1S/C32H25ClN6O3/c33-24-9-4-8-23(17-24)32(42)38-30-27(19-34)26(18-28(37-30)25-10-1-2-11-29(25)40)21-6-3-7-22(16-21)31(41)36-12-5-14-39-15-13-35-20-39/h1-4,6-11,13,15-18,20,40H,5,12,14H2,(H,36,41)(H,37,38,42). The third-order valence-electron chi connectivity index (χ3n) is 6.50. The van der Waals surface area contributed by atoms with Gasteiger partial charge in [-0.05, 0) is 60.5 Å². The Hall–Kier alpha value is -5.46. The number of anilines is 1. The van der Waals surface area contributed by atoms with E-state index in [-0.39, 0.29) is 28.6 Å². The summed E-state index contributed by atoms with van der Waals surface area (Å²) in [5.41, 5.74) is 2.53. The Bertz CT molecular complexity index is 1800. The summed E-state index contributed by atoms with van der Waals surface area (Å²) < 4.78 is 1.94. The van der Waals surface area contributed by atoms with Crippen molar-refractivity contribution < 1.29 is 14.7 Å². The van der Waals surface area contributed by atoms with E-state index in [0.717, 1.165) is 13.0 Å². The van der Waals surface area contributed by atoms with Crippen LogP contribution in [0, 0.1) is 11.3 Å². The van der Waals surface area contributed by atoms with Crippen molar-refractivity contribution in [3.8, 4) is 34.2 Å². The van der Waals surface area contributed by atoms with Crippen LogP contribution in [-0.2, 0) is 6.54 Å². The highest BCUT2D eigenvalue weighted by molar-refractivity contribution is 6.31. The lowest BCUT2D eigenvalue weighted by atomic mass is 9.96. The SMILES string of the molecule is N#Cc1c(-c2cccc(C(=O)NCCCn3ccnc3)c2)cc(-c2ccccc2O)nc1NC(=O)c1cccc(Cl)c1. The number of carbonyl (C=O) groups is 2. The van der Waals surface area contributed by atoms with Gasteiger partial charge in [-0.1, -0.05) is 41.9 Å². The molecule has 2 aromatic heterocycles. The van der Waals surface area contributed by atoms with Crippen LogP contribution in [-0.4, -0.2) is 38.0 Å². The number of hydrogen-bond donors (Lipinski definition) is 3. The maximum Gasteiger partial charge on any atom is 0.256 e. The van der Waals surface area contributed by atoms with Gasteiger partial charge in [0, 0.05) is 52.8 Å². The number of aromatic hydroxyl groups is 1. The van der Waals surface area contributed by atoms with Crippen molar-refractivity contribution in [3.63, 3.8) is 0 Å². The molecule has 2 amide bonds. The zero-order valence-corrected chi connectivity index (χ0v) is 23.0. The van der Waals surface area contributed by atoms with Crippen molar-refractivity contribution in [2.24, 2.45) is 0 Å². The highest BCUT2D eigenvalue weighted by Gasteiger charge is 2.20. The van der Waals surface area contributed by atoms with E-state index in [1.54, 1.807) is 79.3 Å². The molecule has 0 saturated heterocycles. The highest BCUT2D eigenvalue weighted by Crippen LogP contribution is 2.35. The van der Waals surface area contributed by atoms with Crippen LogP contribution in [0.3, 0.4) is 0 Å². The molecule has 2 heterocycles. The van der Waals surface area contributed by atoms with Crippen LogP contribution in [0.15, 0.2) is 97.6 Å². The molecule has 3 aromatic carbocycles. The number of pyridine rings is 1. The molecule has 0 unspecified atom stereocenters. The van der Waals surface area contributed by atoms with Gasteiger partial charge in [0.1, 0.15) is 17.4 Å². The number of aromatic nitrogens is 3. The quantitative estimate of drug-likeness (QED) is 0.187. The second-order valence-corrected chi connectivity index (χ2v) is 9.80. The minimum Gasteiger partial charge on any atom is -0.507 e. The van der Waals surface area contributed by atoms with Crippen LogP contribution in [0.2, 0.25) is 5.02 Å². The number of phenolic OH excluding ortho intramolecular Hbond substituents is 1. The number of nitriles is 1. The van der Waals surface area contributed by atoms with Crippen LogP contribution in [0.4, 0.5) is 5.82 Å². The van der Waals surface area contributed by atoms with Crippen LogP contribution < -0.4 is 10.6 Å². The molecule has 9 nitrogen and oxygen atoms in total. The smallest absolute Gasteiger partial charge is 0.256 e. The fourth-order valence-electron chi connectivity index (χ4n) is 4.43. The lowest BCUT2D eigenvalue weighted by Crippen LogP contribution is -2.25. The second kappa shape index (κ2) is 12.8. The van der Waals surface area contributed by atoms with E-state index in [1.165, 1.54) is 12.1 Å². The number of hydrogen-bond acceptors (Lipinski definition) is 6. The normalized spacial score (nSPS) is 10.6. The number of amides is 2. The number of imidazole rings is 1. The highest BCUT2D eigenvalue weighted by atomic mass is 35.5.